The molecule has 0 aliphatic heterocycles. The quantitative estimate of drug-likeness (QED) is 0.507. The fourth-order valence-corrected chi connectivity index (χ4v) is 2.20. The highest BCUT2D eigenvalue weighted by Crippen LogP contribution is 2.13. The maximum atomic E-state index is 12.1. The van der Waals surface area contributed by atoms with Crippen molar-refractivity contribution < 1.29 is 14.3 Å². The van der Waals surface area contributed by atoms with Gasteiger partial charge in [0.1, 0.15) is 11.6 Å². The molecule has 2 aromatic carbocycles. The molecule has 6 heteroatoms. The number of anilines is 1. The van der Waals surface area contributed by atoms with Crippen molar-refractivity contribution in [3.8, 4) is 5.75 Å². The van der Waals surface area contributed by atoms with E-state index in [2.05, 4.69) is 15.3 Å². The molecule has 0 saturated carbocycles. The smallest absolute Gasteiger partial charge is 0.262 e. The van der Waals surface area contributed by atoms with Crippen LogP contribution < -0.4 is 10.1 Å². The van der Waals surface area contributed by atoms with E-state index < -0.39 is 0 Å². The molecular formula is C20H17N3O3. The molecule has 0 saturated heterocycles. The van der Waals surface area contributed by atoms with Crippen LogP contribution in [0.1, 0.15) is 16.2 Å². The topological polar surface area (TPSA) is 84.1 Å². The molecule has 0 atom stereocenters. The highest BCUT2D eigenvalue weighted by atomic mass is 16.5. The molecule has 1 aromatic heterocycles. The summed E-state index contributed by atoms with van der Waals surface area (Å²) in [5.41, 5.74) is 1.24. The summed E-state index contributed by atoms with van der Waals surface area (Å²) in [5.74, 6) is 0.731. The second-order valence-electron chi connectivity index (χ2n) is 5.40. The third-order valence-corrected chi connectivity index (χ3v) is 3.48. The number of hydrogen-bond acceptors (Lipinski definition) is 4. The Kier molecular flexibility index (Phi) is 5.57. The van der Waals surface area contributed by atoms with E-state index in [1.54, 1.807) is 54.9 Å². The van der Waals surface area contributed by atoms with E-state index in [1.165, 1.54) is 6.08 Å². The number of carbonyl (C=O) groups is 2. The Morgan fingerprint density at radius 2 is 1.85 bits per heavy atom. The van der Waals surface area contributed by atoms with Crippen LogP contribution in [0.3, 0.4) is 0 Å². The van der Waals surface area contributed by atoms with Crippen LogP contribution in [-0.2, 0) is 4.79 Å². The zero-order valence-electron chi connectivity index (χ0n) is 13.9. The number of nitrogens with one attached hydrogen (secondary N) is 2. The first-order valence-corrected chi connectivity index (χ1v) is 8.00. The molecule has 1 amide bonds. The maximum Gasteiger partial charge on any atom is 0.262 e. The number of nitrogens with zero attached hydrogens (tertiary/aromatic N) is 1. The highest BCUT2D eigenvalue weighted by molar-refractivity contribution is 6.06. The molecule has 0 spiro atoms. The summed E-state index contributed by atoms with van der Waals surface area (Å²) < 4.78 is 5.44. The van der Waals surface area contributed by atoms with Crippen molar-refractivity contribution in [2.75, 3.05) is 11.9 Å². The average Bonchev–Trinajstić information content (AvgIpc) is 3.19. The summed E-state index contributed by atoms with van der Waals surface area (Å²) in [6.45, 7) is -0.111. The molecule has 26 heavy (non-hydrogen) atoms. The molecule has 0 bridgehead atoms. The number of amides is 1. The van der Waals surface area contributed by atoms with E-state index in [9.17, 15) is 9.59 Å². The third kappa shape index (κ3) is 4.91. The van der Waals surface area contributed by atoms with E-state index >= 15 is 0 Å². The number of ether oxygens (including phenoxy) is 1. The standard InChI is InChI=1S/C20H17N3O3/c24-18(10-11-19-21-12-13-22-19)15-6-8-17(9-7-15)26-14-20(25)23-16-4-2-1-3-5-16/h1-13H,14H2,(H,21,22)(H,23,25)/b11-10+. The first-order valence-electron chi connectivity index (χ1n) is 8.00. The first-order chi connectivity index (χ1) is 12.7. The highest BCUT2D eigenvalue weighted by Gasteiger charge is 2.05. The number of ketones is 1. The van der Waals surface area contributed by atoms with Crippen molar-refractivity contribution in [2.24, 2.45) is 0 Å². The Morgan fingerprint density at radius 3 is 2.54 bits per heavy atom. The number of imidazole rings is 1. The minimum atomic E-state index is -0.252. The molecule has 3 aromatic rings. The van der Waals surface area contributed by atoms with Crippen molar-refractivity contribution in [3.63, 3.8) is 0 Å². The van der Waals surface area contributed by atoms with Gasteiger partial charge in [-0.3, -0.25) is 9.59 Å². The monoisotopic (exact) mass is 347 g/mol. The summed E-state index contributed by atoms with van der Waals surface area (Å²) in [6.07, 6.45) is 6.36. The van der Waals surface area contributed by atoms with Gasteiger partial charge in [-0.1, -0.05) is 18.2 Å². The van der Waals surface area contributed by atoms with E-state index in [0.717, 1.165) is 0 Å². The van der Waals surface area contributed by atoms with Gasteiger partial charge in [0.2, 0.25) is 0 Å². The Balaban J connectivity index is 1.51. The molecule has 0 aliphatic rings. The Morgan fingerprint density at radius 1 is 1.08 bits per heavy atom. The largest absolute Gasteiger partial charge is 0.484 e. The number of aromatic nitrogens is 2. The second kappa shape index (κ2) is 8.43. The van der Waals surface area contributed by atoms with Crippen molar-refractivity contribution >= 4 is 23.5 Å². The second-order valence-corrected chi connectivity index (χ2v) is 5.40. The fraction of sp³-hybridized carbons (Fsp3) is 0.0500. The van der Waals surface area contributed by atoms with Crippen LogP contribution in [0.4, 0.5) is 5.69 Å². The van der Waals surface area contributed by atoms with E-state index in [1.807, 2.05) is 18.2 Å². The Labute approximate surface area is 150 Å². The fourth-order valence-electron chi connectivity index (χ4n) is 2.20. The van der Waals surface area contributed by atoms with Gasteiger partial charge in [-0.15, -0.1) is 0 Å². The molecule has 0 radical (unpaired) electrons. The van der Waals surface area contributed by atoms with Gasteiger partial charge in [0.25, 0.3) is 5.91 Å². The number of rotatable bonds is 7. The molecule has 0 unspecified atom stereocenters. The lowest BCUT2D eigenvalue weighted by Crippen LogP contribution is -2.20. The zero-order valence-corrected chi connectivity index (χ0v) is 13.9. The summed E-state index contributed by atoms with van der Waals surface area (Å²) >= 11 is 0. The SMILES string of the molecule is O=C(COc1ccc(C(=O)/C=C/c2ncc[nH]2)cc1)Nc1ccccc1. The predicted molar refractivity (Wildman–Crippen MR) is 99.0 cm³/mol. The predicted octanol–water partition coefficient (Wildman–Crippen LogP) is 3.32. The lowest BCUT2D eigenvalue weighted by Gasteiger charge is -2.07. The number of carbonyl (C=O) groups excluding carboxylic acids is 2. The normalized spacial score (nSPS) is 10.6. The first kappa shape index (κ1) is 17.2. The van der Waals surface area contributed by atoms with Crippen LogP contribution in [0.15, 0.2) is 73.1 Å². The van der Waals surface area contributed by atoms with Crippen LogP contribution in [0.25, 0.3) is 6.08 Å². The molecule has 1 heterocycles. The van der Waals surface area contributed by atoms with Crippen LogP contribution in [0.5, 0.6) is 5.75 Å². The number of H-pyrrole nitrogens is 1. The minimum absolute atomic E-state index is 0.111. The molecule has 0 fully saturated rings. The van der Waals surface area contributed by atoms with Crippen LogP contribution in [0.2, 0.25) is 0 Å². The van der Waals surface area contributed by atoms with E-state index in [-0.39, 0.29) is 18.3 Å². The van der Waals surface area contributed by atoms with Gasteiger partial charge in [-0.05, 0) is 48.6 Å². The number of para-hydroxylation sites is 1. The van der Waals surface area contributed by atoms with Gasteiger partial charge in [0.05, 0.1) is 0 Å². The van der Waals surface area contributed by atoms with Crippen LogP contribution >= 0.6 is 0 Å². The molecule has 0 aliphatic carbocycles. The lowest BCUT2D eigenvalue weighted by molar-refractivity contribution is -0.118. The average molecular weight is 347 g/mol. The van der Waals surface area contributed by atoms with Gasteiger partial charge >= 0.3 is 0 Å². The molecular weight excluding hydrogens is 330 g/mol. The minimum Gasteiger partial charge on any atom is -0.484 e. The number of hydrogen-bond donors (Lipinski definition) is 2. The summed E-state index contributed by atoms with van der Waals surface area (Å²) in [6, 6.07) is 15.8. The molecule has 6 nitrogen and oxygen atoms in total. The van der Waals surface area contributed by atoms with E-state index in [4.69, 9.17) is 4.74 Å². The van der Waals surface area contributed by atoms with Gasteiger partial charge in [-0.25, -0.2) is 4.98 Å². The van der Waals surface area contributed by atoms with Crippen LogP contribution in [0, 0.1) is 0 Å². The number of aromatic amines is 1. The van der Waals surface area contributed by atoms with Gasteiger partial charge in [-0.2, -0.15) is 0 Å². The summed E-state index contributed by atoms with van der Waals surface area (Å²) in [4.78, 5) is 30.8. The molecule has 2 N–H and O–H groups in total. The Bertz CT molecular complexity index is 886. The van der Waals surface area contributed by atoms with Crippen LogP contribution in [-0.4, -0.2) is 28.3 Å². The Hall–Kier alpha value is -3.67. The number of allylic oxidation sites excluding steroid dienone is 1. The van der Waals surface area contributed by atoms with Gasteiger partial charge < -0.3 is 15.0 Å². The zero-order chi connectivity index (χ0) is 18.2. The van der Waals surface area contributed by atoms with E-state index in [0.29, 0.717) is 22.8 Å². The molecule has 130 valence electrons. The van der Waals surface area contributed by atoms with Crippen molar-refractivity contribution in [1.29, 1.82) is 0 Å². The lowest BCUT2D eigenvalue weighted by atomic mass is 10.1. The van der Waals surface area contributed by atoms with Crippen molar-refractivity contribution in [1.82, 2.24) is 9.97 Å². The molecule has 3 rings (SSSR count). The van der Waals surface area contributed by atoms with Crippen molar-refractivity contribution in [3.05, 3.63) is 84.5 Å². The third-order valence-electron chi connectivity index (χ3n) is 3.48. The maximum absolute atomic E-state index is 12.1. The van der Waals surface area contributed by atoms with Gasteiger partial charge in [0, 0.05) is 23.6 Å². The van der Waals surface area contributed by atoms with Crippen molar-refractivity contribution in [2.45, 2.75) is 0 Å². The number of benzene rings is 2. The summed E-state index contributed by atoms with van der Waals surface area (Å²) in [7, 11) is 0. The van der Waals surface area contributed by atoms with Gasteiger partial charge in [0.15, 0.2) is 12.4 Å². The summed E-state index contributed by atoms with van der Waals surface area (Å²) in [5, 5.41) is 2.74.